The molecule has 0 saturated carbocycles. The summed E-state index contributed by atoms with van der Waals surface area (Å²) in [4.78, 5) is 15.8. The van der Waals surface area contributed by atoms with Crippen LogP contribution in [0, 0.1) is 0 Å². The molecule has 0 aromatic carbocycles. The lowest BCUT2D eigenvalue weighted by atomic mass is 10.2. The van der Waals surface area contributed by atoms with Crippen molar-refractivity contribution < 1.29 is 13.2 Å². The molecule has 1 atom stereocenters. The predicted octanol–water partition coefficient (Wildman–Crippen LogP) is 0.235. The van der Waals surface area contributed by atoms with E-state index in [0.29, 0.717) is 18.8 Å². The molecule has 7 heteroatoms. The number of pyridine rings is 1. The lowest BCUT2D eigenvalue weighted by molar-refractivity contribution is 0.0941. The largest absolute Gasteiger partial charge is 0.349 e. The maximum atomic E-state index is 11.8. The summed E-state index contributed by atoms with van der Waals surface area (Å²) in [6, 6.07) is 4.94. The minimum atomic E-state index is -3.20. The number of nitrogens with one attached hydrogen (secondary N) is 1. The Morgan fingerprint density at radius 2 is 2.32 bits per heavy atom. The molecule has 0 bridgehead atoms. The molecule has 6 nitrogen and oxygen atoms in total. The number of nitrogens with zero attached hydrogens (tertiary/aromatic N) is 2. The zero-order valence-corrected chi connectivity index (χ0v) is 11.6. The van der Waals surface area contributed by atoms with Gasteiger partial charge >= 0.3 is 0 Å². The lowest BCUT2D eigenvalue weighted by Crippen LogP contribution is -2.42. The topological polar surface area (TPSA) is 79.4 Å². The fraction of sp³-hybridized carbons (Fsp3) is 0.500. The summed E-state index contributed by atoms with van der Waals surface area (Å²) in [7, 11) is -3.20. The van der Waals surface area contributed by atoms with E-state index in [4.69, 9.17) is 0 Å². The van der Waals surface area contributed by atoms with Gasteiger partial charge in [-0.05, 0) is 25.0 Å². The molecule has 1 N–H and O–H groups in total. The van der Waals surface area contributed by atoms with E-state index in [0.717, 1.165) is 12.8 Å². The van der Waals surface area contributed by atoms with Gasteiger partial charge in [0.05, 0.1) is 6.26 Å². The second-order valence-electron chi connectivity index (χ2n) is 4.59. The molecule has 1 aromatic heterocycles. The fourth-order valence-corrected chi connectivity index (χ4v) is 3.43. The first-order valence-electron chi connectivity index (χ1n) is 6.14. The highest BCUT2D eigenvalue weighted by Crippen LogP contribution is 2.19. The van der Waals surface area contributed by atoms with E-state index in [2.05, 4.69) is 10.3 Å². The van der Waals surface area contributed by atoms with Crippen molar-refractivity contribution in [2.75, 3.05) is 19.3 Å². The SMILES string of the molecule is CS(=O)(=O)N1CCCC1CNC(=O)c1ccccn1. The first-order valence-corrected chi connectivity index (χ1v) is 7.99. The van der Waals surface area contributed by atoms with Crippen molar-refractivity contribution in [1.82, 2.24) is 14.6 Å². The number of hydrogen-bond acceptors (Lipinski definition) is 4. The number of rotatable bonds is 4. The van der Waals surface area contributed by atoms with Crippen LogP contribution < -0.4 is 5.32 Å². The van der Waals surface area contributed by atoms with Gasteiger partial charge in [0, 0.05) is 25.3 Å². The zero-order valence-electron chi connectivity index (χ0n) is 10.7. The minimum absolute atomic E-state index is 0.150. The first kappa shape index (κ1) is 14.0. The van der Waals surface area contributed by atoms with Crippen LogP contribution in [0.4, 0.5) is 0 Å². The molecule has 1 aliphatic rings. The summed E-state index contributed by atoms with van der Waals surface area (Å²) in [6.07, 6.45) is 4.35. The Hall–Kier alpha value is -1.47. The molecular weight excluding hydrogens is 266 g/mol. The zero-order chi connectivity index (χ0) is 13.9. The second-order valence-corrected chi connectivity index (χ2v) is 6.53. The number of hydrogen-bond donors (Lipinski definition) is 1. The van der Waals surface area contributed by atoms with Gasteiger partial charge in [-0.2, -0.15) is 4.31 Å². The van der Waals surface area contributed by atoms with Crippen LogP contribution in [0.15, 0.2) is 24.4 Å². The molecule has 1 aliphatic heterocycles. The molecule has 104 valence electrons. The standard InChI is InChI=1S/C12H17N3O3S/c1-19(17,18)15-8-4-5-10(15)9-14-12(16)11-6-2-3-7-13-11/h2-3,6-7,10H,4-5,8-9H2,1H3,(H,14,16). The molecule has 1 unspecified atom stereocenters. The number of aromatic nitrogens is 1. The van der Waals surface area contributed by atoms with Crippen LogP contribution in [0.1, 0.15) is 23.3 Å². The van der Waals surface area contributed by atoms with E-state index in [1.807, 2.05) is 0 Å². The molecule has 2 heterocycles. The van der Waals surface area contributed by atoms with Crippen molar-refractivity contribution in [3.05, 3.63) is 30.1 Å². The van der Waals surface area contributed by atoms with Crippen molar-refractivity contribution in [3.63, 3.8) is 0 Å². The quantitative estimate of drug-likeness (QED) is 0.858. The summed E-state index contributed by atoms with van der Waals surface area (Å²) in [5.41, 5.74) is 0.339. The normalized spacial score (nSPS) is 20.4. The van der Waals surface area contributed by atoms with E-state index in [-0.39, 0.29) is 11.9 Å². The molecule has 2 rings (SSSR count). The third kappa shape index (κ3) is 3.51. The molecule has 1 amide bonds. The Morgan fingerprint density at radius 1 is 1.53 bits per heavy atom. The average molecular weight is 283 g/mol. The van der Waals surface area contributed by atoms with Gasteiger partial charge in [0.25, 0.3) is 5.91 Å². The summed E-state index contributed by atoms with van der Waals surface area (Å²) >= 11 is 0. The molecule has 1 saturated heterocycles. The van der Waals surface area contributed by atoms with Gasteiger partial charge in [-0.25, -0.2) is 8.42 Å². The van der Waals surface area contributed by atoms with Crippen LogP contribution in [0.2, 0.25) is 0 Å². The third-order valence-electron chi connectivity index (χ3n) is 3.14. The smallest absolute Gasteiger partial charge is 0.269 e. The fourth-order valence-electron chi connectivity index (χ4n) is 2.25. The van der Waals surface area contributed by atoms with E-state index < -0.39 is 10.0 Å². The Kier molecular flexibility index (Phi) is 4.16. The molecule has 1 fully saturated rings. The van der Waals surface area contributed by atoms with Crippen LogP contribution in [-0.2, 0) is 10.0 Å². The van der Waals surface area contributed by atoms with Gasteiger partial charge in [0.1, 0.15) is 5.69 Å². The number of carbonyl (C=O) groups is 1. The van der Waals surface area contributed by atoms with Crippen molar-refractivity contribution >= 4 is 15.9 Å². The maximum Gasteiger partial charge on any atom is 0.269 e. The second kappa shape index (κ2) is 5.66. The Balaban J connectivity index is 1.94. The van der Waals surface area contributed by atoms with Crippen LogP contribution >= 0.6 is 0 Å². The Morgan fingerprint density at radius 3 is 2.95 bits per heavy atom. The molecule has 0 spiro atoms. The minimum Gasteiger partial charge on any atom is -0.349 e. The van der Waals surface area contributed by atoms with Gasteiger partial charge in [0.15, 0.2) is 0 Å². The van der Waals surface area contributed by atoms with E-state index >= 15 is 0 Å². The van der Waals surface area contributed by atoms with Gasteiger partial charge in [0.2, 0.25) is 10.0 Å². The van der Waals surface area contributed by atoms with Crippen LogP contribution in [0.5, 0.6) is 0 Å². The number of amides is 1. The van der Waals surface area contributed by atoms with Gasteiger partial charge in [-0.1, -0.05) is 6.07 Å². The van der Waals surface area contributed by atoms with E-state index in [9.17, 15) is 13.2 Å². The summed E-state index contributed by atoms with van der Waals surface area (Å²) < 4.78 is 24.6. The van der Waals surface area contributed by atoms with E-state index in [1.54, 1.807) is 24.4 Å². The van der Waals surface area contributed by atoms with E-state index in [1.165, 1.54) is 10.6 Å². The number of carbonyl (C=O) groups excluding carboxylic acids is 1. The Labute approximate surface area is 112 Å². The number of sulfonamides is 1. The van der Waals surface area contributed by atoms with Crippen molar-refractivity contribution in [1.29, 1.82) is 0 Å². The highest BCUT2D eigenvalue weighted by molar-refractivity contribution is 7.88. The molecule has 0 aliphatic carbocycles. The molecule has 0 radical (unpaired) electrons. The van der Waals surface area contributed by atoms with Crippen molar-refractivity contribution in [2.45, 2.75) is 18.9 Å². The van der Waals surface area contributed by atoms with Crippen molar-refractivity contribution in [3.8, 4) is 0 Å². The monoisotopic (exact) mass is 283 g/mol. The summed E-state index contributed by atoms with van der Waals surface area (Å²) in [5.74, 6) is -0.277. The van der Waals surface area contributed by atoms with Crippen LogP contribution in [-0.4, -0.2) is 49.0 Å². The first-order chi connectivity index (χ1) is 8.98. The van der Waals surface area contributed by atoms with Gasteiger partial charge in [-0.3, -0.25) is 9.78 Å². The van der Waals surface area contributed by atoms with Gasteiger partial charge < -0.3 is 5.32 Å². The van der Waals surface area contributed by atoms with Crippen LogP contribution in [0.25, 0.3) is 0 Å². The highest BCUT2D eigenvalue weighted by atomic mass is 32.2. The van der Waals surface area contributed by atoms with Gasteiger partial charge in [-0.15, -0.1) is 0 Å². The summed E-state index contributed by atoms with van der Waals surface area (Å²) in [5, 5.41) is 2.74. The third-order valence-corrected chi connectivity index (χ3v) is 4.48. The van der Waals surface area contributed by atoms with Crippen molar-refractivity contribution in [2.24, 2.45) is 0 Å². The average Bonchev–Trinajstić information content (AvgIpc) is 2.85. The molecular formula is C12H17N3O3S. The maximum absolute atomic E-state index is 11.8. The molecule has 1 aromatic rings. The summed E-state index contributed by atoms with van der Waals surface area (Å²) in [6.45, 7) is 0.853. The Bertz CT molecular complexity index is 545. The highest BCUT2D eigenvalue weighted by Gasteiger charge is 2.31. The molecule has 19 heavy (non-hydrogen) atoms. The predicted molar refractivity (Wildman–Crippen MR) is 71.1 cm³/mol. The lowest BCUT2D eigenvalue weighted by Gasteiger charge is -2.22. The van der Waals surface area contributed by atoms with Crippen LogP contribution in [0.3, 0.4) is 0 Å².